The molecule has 0 radical (unpaired) electrons. The first-order valence-electron chi connectivity index (χ1n) is 6.14. The van der Waals surface area contributed by atoms with Crippen molar-refractivity contribution in [2.45, 2.75) is 39.3 Å². The van der Waals surface area contributed by atoms with Gasteiger partial charge < -0.3 is 5.32 Å². The first-order valence-corrected chi connectivity index (χ1v) is 6.14. The van der Waals surface area contributed by atoms with Gasteiger partial charge in [0, 0.05) is 12.2 Å². The number of fused-ring (bicyclic) bond motifs is 1. The third-order valence-corrected chi connectivity index (χ3v) is 3.55. The molecule has 4 heteroatoms. The molecule has 0 amide bonds. The first kappa shape index (κ1) is 13.2. The van der Waals surface area contributed by atoms with Crippen molar-refractivity contribution in [2.75, 3.05) is 11.9 Å². The average Bonchev–Trinajstić information content (AvgIpc) is 2.25. The summed E-state index contributed by atoms with van der Waals surface area (Å²) in [6, 6.07) is 4.00. The van der Waals surface area contributed by atoms with E-state index in [4.69, 9.17) is 0 Å². The Morgan fingerprint density at radius 2 is 1.83 bits per heavy atom. The molecule has 1 aromatic rings. The van der Waals surface area contributed by atoms with Crippen LogP contribution in [0.5, 0.6) is 0 Å². The molecule has 1 nitrogen and oxygen atoms in total. The summed E-state index contributed by atoms with van der Waals surface area (Å²) in [5.41, 5.74) is 1.05. The van der Waals surface area contributed by atoms with Gasteiger partial charge in [-0.05, 0) is 41.5 Å². The lowest BCUT2D eigenvalue weighted by atomic mass is 9.72. The van der Waals surface area contributed by atoms with Crippen molar-refractivity contribution in [1.82, 2.24) is 0 Å². The maximum Gasteiger partial charge on any atom is 0.416 e. The highest BCUT2D eigenvalue weighted by Crippen LogP contribution is 2.45. The third-order valence-electron chi connectivity index (χ3n) is 3.55. The van der Waals surface area contributed by atoms with Gasteiger partial charge in [0.15, 0.2) is 0 Å². The molecule has 0 aliphatic carbocycles. The van der Waals surface area contributed by atoms with Gasteiger partial charge in [0.2, 0.25) is 0 Å². The lowest BCUT2D eigenvalue weighted by Crippen LogP contribution is -2.27. The van der Waals surface area contributed by atoms with Gasteiger partial charge in [-0.3, -0.25) is 0 Å². The molecule has 1 heterocycles. The summed E-state index contributed by atoms with van der Waals surface area (Å²) in [7, 11) is 0. The topological polar surface area (TPSA) is 12.0 Å². The van der Waals surface area contributed by atoms with Gasteiger partial charge in [0.1, 0.15) is 0 Å². The smallest absolute Gasteiger partial charge is 0.385 e. The van der Waals surface area contributed by atoms with E-state index in [1.807, 2.05) is 0 Å². The molecular weight excluding hydrogens is 239 g/mol. The Hall–Kier alpha value is -1.19. The van der Waals surface area contributed by atoms with Crippen LogP contribution >= 0.6 is 0 Å². The van der Waals surface area contributed by atoms with Crippen molar-refractivity contribution < 1.29 is 13.2 Å². The molecule has 1 aromatic carbocycles. The summed E-state index contributed by atoms with van der Waals surface area (Å²) < 4.78 is 38.3. The van der Waals surface area contributed by atoms with Gasteiger partial charge in [-0.2, -0.15) is 13.2 Å². The fraction of sp³-hybridized carbons (Fsp3) is 0.571. The molecule has 0 saturated carbocycles. The second-order valence-electron chi connectivity index (χ2n) is 5.93. The number of hydrogen-bond donors (Lipinski definition) is 1. The van der Waals surface area contributed by atoms with Gasteiger partial charge in [-0.1, -0.05) is 20.8 Å². The van der Waals surface area contributed by atoms with Crippen LogP contribution in [0.1, 0.15) is 44.2 Å². The quantitative estimate of drug-likeness (QED) is 0.713. The summed E-state index contributed by atoms with van der Waals surface area (Å²) in [6.07, 6.45) is -3.40. The van der Waals surface area contributed by atoms with Gasteiger partial charge in [-0.15, -0.1) is 0 Å². The Kier molecular flexibility index (Phi) is 3.07. The molecule has 0 aromatic heterocycles. The van der Waals surface area contributed by atoms with Gasteiger partial charge >= 0.3 is 6.18 Å². The molecule has 0 saturated heterocycles. The number of hydrogen-bond acceptors (Lipinski definition) is 1. The Morgan fingerprint density at radius 3 is 2.39 bits per heavy atom. The molecule has 1 aliphatic heterocycles. The maximum absolute atomic E-state index is 12.8. The van der Waals surface area contributed by atoms with Crippen molar-refractivity contribution in [3.8, 4) is 0 Å². The highest BCUT2D eigenvalue weighted by molar-refractivity contribution is 5.57. The van der Waals surface area contributed by atoms with Gasteiger partial charge in [-0.25, -0.2) is 0 Å². The second kappa shape index (κ2) is 4.18. The Labute approximate surface area is 105 Å². The molecule has 1 atom stereocenters. The van der Waals surface area contributed by atoms with Gasteiger partial charge in [0.05, 0.1) is 5.56 Å². The number of alkyl halides is 3. The van der Waals surface area contributed by atoms with Gasteiger partial charge in [0.25, 0.3) is 0 Å². The van der Waals surface area contributed by atoms with Crippen LogP contribution in [-0.4, -0.2) is 6.54 Å². The van der Waals surface area contributed by atoms with E-state index in [0.29, 0.717) is 0 Å². The fourth-order valence-corrected chi connectivity index (χ4v) is 2.59. The summed E-state index contributed by atoms with van der Waals surface area (Å²) in [4.78, 5) is 0. The average molecular weight is 257 g/mol. The van der Waals surface area contributed by atoms with Crippen LogP contribution < -0.4 is 5.32 Å². The summed E-state index contributed by atoms with van der Waals surface area (Å²) in [6.45, 7) is 7.05. The minimum Gasteiger partial charge on any atom is -0.385 e. The Bertz CT molecular complexity index is 443. The molecule has 1 aliphatic rings. The minimum atomic E-state index is -4.27. The van der Waals surface area contributed by atoms with E-state index in [1.54, 1.807) is 6.07 Å². The second-order valence-corrected chi connectivity index (χ2v) is 5.93. The molecular formula is C14H18F3N. The predicted molar refractivity (Wildman–Crippen MR) is 66.7 cm³/mol. The number of nitrogens with one attached hydrogen (secondary N) is 1. The molecule has 0 spiro atoms. The lowest BCUT2D eigenvalue weighted by molar-refractivity contribution is -0.137. The van der Waals surface area contributed by atoms with E-state index in [-0.39, 0.29) is 11.3 Å². The predicted octanol–water partition coefficient (Wildman–Crippen LogP) is 4.65. The van der Waals surface area contributed by atoms with E-state index >= 15 is 0 Å². The fourth-order valence-electron chi connectivity index (χ4n) is 2.59. The zero-order chi connectivity index (χ0) is 13.6. The van der Waals surface area contributed by atoms with Crippen LogP contribution in [0.15, 0.2) is 18.2 Å². The van der Waals surface area contributed by atoms with E-state index in [2.05, 4.69) is 26.1 Å². The van der Waals surface area contributed by atoms with Crippen molar-refractivity contribution in [1.29, 1.82) is 0 Å². The zero-order valence-corrected chi connectivity index (χ0v) is 10.9. The van der Waals surface area contributed by atoms with Crippen LogP contribution in [0, 0.1) is 5.41 Å². The van der Waals surface area contributed by atoms with Crippen molar-refractivity contribution in [2.24, 2.45) is 5.41 Å². The first-order chi connectivity index (χ1) is 8.19. The minimum absolute atomic E-state index is 0.0267. The third kappa shape index (κ3) is 2.47. The van der Waals surface area contributed by atoms with Crippen LogP contribution in [0.25, 0.3) is 0 Å². The lowest BCUT2D eigenvalue weighted by Gasteiger charge is -2.36. The highest BCUT2D eigenvalue weighted by Gasteiger charge is 2.35. The number of benzene rings is 1. The SMILES string of the molecule is CC(C)(C)C1CCNc2ccc(C(F)(F)F)cc21. The van der Waals surface area contributed by atoms with E-state index in [0.717, 1.165) is 30.3 Å². The maximum atomic E-state index is 12.8. The largest absolute Gasteiger partial charge is 0.416 e. The number of anilines is 1. The standard InChI is InChI=1S/C14H18F3N/c1-13(2,3)11-6-7-18-12-5-4-9(8-10(11)12)14(15,16)17/h4-5,8,11,18H,6-7H2,1-3H3. The van der Waals surface area contributed by atoms with E-state index in [9.17, 15) is 13.2 Å². The molecule has 18 heavy (non-hydrogen) atoms. The van der Waals surface area contributed by atoms with E-state index in [1.165, 1.54) is 6.07 Å². The molecule has 1 unspecified atom stereocenters. The molecule has 0 bridgehead atoms. The monoisotopic (exact) mass is 257 g/mol. The number of rotatable bonds is 0. The zero-order valence-electron chi connectivity index (χ0n) is 10.9. The Balaban J connectivity index is 2.48. The number of halogens is 3. The Morgan fingerprint density at radius 1 is 1.17 bits per heavy atom. The van der Waals surface area contributed by atoms with Crippen LogP contribution in [0.3, 0.4) is 0 Å². The molecule has 1 N–H and O–H groups in total. The summed E-state index contributed by atoms with van der Waals surface area (Å²) in [5.74, 6) is 0.163. The van der Waals surface area contributed by atoms with Crippen LogP contribution in [0.2, 0.25) is 0 Å². The van der Waals surface area contributed by atoms with Crippen molar-refractivity contribution in [3.05, 3.63) is 29.3 Å². The summed E-state index contributed by atoms with van der Waals surface area (Å²) in [5, 5.41) is 3.18. The molecule has 2 rings (SSSR count). The van der Waals surface area contributed by atoms with E-state index < -0.39 is 11.7 Å². The normalized spacial score (nSPS) is 20.2. The molecule has 0 fully saturated rings. The molecule has 100 valence electrons. The summed E-state index contributed by atoms with van der Waals surface area (Å²) >= 11 is 0. The highest BCUT2D eigenvalue weighted by atomic mass is 19.4. The van der Waals surface area contributed by atoms with Crippen molar-refractivity contribution in [3.63, 3.8) is 0 Å². The van der Waals surface area contributed by atoms with Crippen LogP contribution in [-0.2, 0) is 6.18 Å². The van der Waals surface area contributed by atoms with Crippen LogP contribution in [0.4, 0.5) is 18.9 Å². The van der Waals surface area contributed by atoms with Crippen molar-refractivity contribution >= 4 is 5.69 Å².